The maximum Gasteiger partial charge on any atom is 0.168 e. The highest BCUT2D eigenvalue weighted by Gasteiger charge is 1.78. The number of rotatable bonds is 0. The zero-order chi connectivity index (χ0) is 10.2. The summed E-state index contributed by atoms with van der Waals surface area (Å²) in [4.78, 5) is 0. The number of para-hydroxylation sites is 1. The van der Waals surface area contributed by atoms with E-state index in [-0.39, 0.29) is 5.75 Å². The monoisotopic (exact) mass is 187 g/mol. The third kappa shape index (κ3) is 4.26. The normalized spacial score (nSPS) is 8.64. The van der Waals surface area contributed by atoms with Crippen molar-refractivity contribution in [1.29, 1.82) is 0 Å². The molecule has 2 rings (SSSR count). The van der Waals surface area contributed by atoms with Crippen molar-refractivity contribution in [2.45, 2.75) is 0 Å². The molecule has 0 spiro atoms. The van der Waals surface area contributed by atoms with Crippen LogP contribution in [0.4, 0.5) is 0 Å². The van der Waals surface area contributed by atoms with Gasteiger partial charge in [0.15, 0.2) is 12.4 Å². The van der Waals surface area contributed by atoms with E-state index in [9.17, 15) is 5.11 Å². The predicted octanol–water partition coefficient (Wildman–Crippen LogP) is 1.27. The molecule has 2 nitrogen and oxygen atoms in total. The molecule has 0 radical (unpaired) electrons. The first-order valence-corrected chi connectivity index (χ1v) is 4.41. The Kier molecular flexibility index (Phi) is 4.21. The lowest BCUT2D eigenvalue weighted by Crippen LogP contribution is -2.25. The molecule has 2 aromatic rings. The van der Waals surface area contributed by atoms with Crippen LogP contribution in [0.2, 0.25) is 0 Å². The summed E-state index contributed by atoms with van der Waals surface area (Å²) in [5.74, 6) is 0.0718. The zero-order valence-corrected chi connectivity index (χ0v) is 8.13. The predicted molar refractivity (Wildman–Crippen MR) is 53.5 cm³/mol. The van der Waals surface area contributed by atoms with E-state index in [0.29, 0.717) is 0 Å². The molecule has 0 aliphatic rings. The molecule has 0 fully saturated rings. The average molecular weight is 187 g/mol. The smallest absolute Gasteiger partial charge is 0.168 e. The molecule has 1 aromatic carbocycles. The number of aromatic nitrogens is 1. The Morgan fingerprint density at radius 3 is 1.64 bits per heavy atom. The Morgan fingerprint density at radius 2 is 1.36 bits per heavy atom. The zero-order valence-electron chi connectivity index (χ0n) is 8.13. The van der Waals surface area contributed by atoms with Crippen molar-refractivity contribution in [3.8, 4) is 5.75 Å². The van der Waals surface area contributed by atoms with Crippen molar-refractivity contribution in [2.75, 3.05) is 0 Å². The molecule has 2 heteroatoms. The van der Waals surface area contributed by atoms with E-state index >= 15 is 0 Å². The molecule has 0 aliphatic carbocycles. The van der Waals surface area contributed by atoms with Gasteiger partial charge < -0.3 is 5.11 Å². The van der Waals surface area contributed by atoms with Crippen LogP contribution in [-0.4, -0.2) is 0 Å². The number of hydrogen-bond donors (Lipinski definition) is 0. The second kappa shape index (κ2) is 5.75. The molecule has 72 valence electrons. The maximum absolute atomic E-state index is 10.3. The lowest BCUT2D eigenvalue weighted by molar-refractivity contribution is -0.671. The standard InChI is InChI=1S/C6H8N.C6H6O/c1-7-5-3-2-4-6-7;7-6-4-2-1-3-5-6/h2-6H,1H3;1-5,7H/q+1;/p-1. The summed E-state index contributed by atoms with van der Waals surface area (Å²) in [5.41, 5.74) is 0. The lowest BCUT2D eigenvalue weighted by Gasteiger charge is -1.98. The Hall–Kier alpha value is -1.83. The first kappa shape index (κ1) is 10.3. The first-order chi connectivity index (χ1) is 6.79. The van der Waals surface area contributed by atoms with E-state index in [1.54, 1.807) is 12.1 Å². The Bertz CT molecular complexity index is 308. The van der Waals surface area contributed by atoms with Crippen LogP contribution < -0.4 is 9.67 Å². The minimum atomic E-state index is 0.0718. The molecular formula is C12H13NO. The van der Waals surface area contributed by atoms with Crippen LogP contribution in [-0.2, 0) is 7.05 Å². The van der Waals surface area contributed by atoms with Crippen molar-refractivity contribution in [3.05, 3.63) is 60.9 Å². The van der Waals surface area contributed by atoms with Crippen LogP contribution in [0.5, 0.6) is 5.75 Å². The van der Waals surface area contributed by atoms with E-state index < -0.39 is 0 Å². The second-order valence-corrected chi connectivity index (χ2v) is 2.85. The highest BCUT2D eigenvalue weighted by molar-refractivity contribution is 5.17. The van der Waals surface area contributed by atoms with Gasteiger partial charge in [0, 0.05) is 12.1 Å². The molecule has 0 unspecified atom stereocenters. The second-order valence-electron chi connectivity index (χ2n) is 2.85. The summed E-state index contributed by atoms with van der Waals surface area (Å²) < 4.78 is 2.00. The van der Waals surface area contributed by atoms with Crippen LogP contribution in [0.15, 0.2) is 60.9 Å². The van der Waals surface area contributed by atoms with Crippen LogP contribution in [0, 0.1) is 0 Å². The molecule has 1 heterocycles. The van der Waals surface area contributed by atoms with E-state index in [4.69, 9.17) is 0 Å². The van der Waals surface area contributed by atoms with E-state index in [1.807, 2.05) is 48.3 Å². The molecule has 14 heavy (non-hydrogen) atoms. The number of aryl methyl sites for hydroxylation is 1. The summed E-state index contributed by atoms with van der Waals surface area (Å²) in [6, 6.07) is 14.3. The average Bonchev–Trinajstić information content (AvgIpc) is 2.21. The SMILES string of the molecule is C[n+]1ccccc1.[O-]c1ccccc1. The summed E-state index contributed by atoms with van der Waals surface area (Å²) in [6.45, 7) is 0. The third-order valence-electron chi connectivity index (χ3n) is 1.61. The Labute approximate surface area is 84.1 Å². The molecule has 0 aliphatic heterocycles. The van der Waals surface area contributed by atoms with Gasteiger partial charge in [-0.25, -0.2) is 4.57 Å². The van der Waals surface area contributed by atoms with Gasteiger partial charge in [-0.2, -0.15) is 0 Å². The van der Waals surface area contributed by atoms with Gasteiger partial charge in [-0.05, 0) is 0 Å². The highest BCUT2D eigenvalue weighted by Crippen LogP contribution is 1.98. The van der Waals surface area contributed by atoms with Crippen LogP contribution in [0.25, 0.3) is 0 Å². The molecule has 1 aromatic heterocycles. The fraction of sp³-hybridized carbons (Fsp3) is 0.0833. The van der Waals surface area contributed by atoms with Crippen molar-refractivity contribution in [1.82, 2.24) is 0 Å². The fourth-order valence-corrected chi connectivity index (χ4v) is 0.905. The summed E-state index contributed by atoms with van der Waals surface area (Å²) in [6.07, 6.45) is 4.00. The van der Waals surface area contributed by atoms with Crippen molar-refractivity contribution in [2.24, 2.45) is 7.05 Å². The molecule has 0 bridgehead atoms. The van der Waals surface area contributed by atoms with E-state index in [2.05, 4.69) is 0 Å². The molecule has 0 amide bonds. The number of pyridine rings is 1. The molecule has 0 saturated heterocycles. The quantitative estimate of drug-likeness (QED) is 0.571. The van der Waals surface area contributed by atoms with Gasteiger partial charge >= 0.3 is 0 Å². The first-order valence-electron chi connectivity index (χ1n) is 4.41. The van der Waals surface area contributed by atoms with Gasteiger partial charge in [-0.1, -0.05) is 36.4 Å². The van der Waals surface area contributed by atoms with Gasteiger partial charge in [0.25, 0.3) is 0 Å². The maximum atomic E-state index is 10.3. The van der Waals surface area contributed by atoms with Gasteiger partial charge in [-0.3, -0.25) is 0 Å². The van der Waals surface area contributed by atoms with Crippen molar-refractivity contribution < 1.29 is 9.67 Å². The van der Waals surface area contributed by atoms with Crippen LogP contribution >= 0.6 is 0 Å². The summed E-state index contributed by atoms with van der Waals surface area (Å²) >= 11 is 0. The van der Waals surface area contributed by atoms with Gasteiger partial charge in [-0.15, -0.1) is 5.75 Å². The fourth-order valence-electron chi connectivity index (χ4n) is 0.905. The summed E-state index contributed by atoms with van der Waals surface area (Å²) in [5, 5.41) is 10.3. The third-order valence-corrected chi connectivity index (χ3v) is 1.61. The van der Waals surface area contributed by atoms with Gasteiger partial charge in [0.2, 0.25) is 0 Å². The number of hydrogen-bond acceptors (Lipinski definition) is 1. The van der Waals surface area contributed by atoms with Gasteiger partial charge in [0.05, 0.1) is 0 Å². The highest BCUT2D eigenvalue weighted by atomic mass is 16.3. The van der Waals surface area contributed by atoms with Crippen LogP contribution in [0.3, 0.4) is 0 Å². The van der Waals surface area contributed by atoms with Gasteiger partial charge in [0.1, 0.15) is 7.05 Å². The molecule has 0 saturated carbocycles. The molecule has 0 N–H and O–H groups in total. The van der Waals surface area contributed by atoms with E-state index in [1.165, 1.54) is 12.1 Å². The Morgan fingerprint density at radius 1 is 0.857 bits per heavy atom. The summed E-state index contributed by atoms with van der Waals surface area (Å²) in [7, 11) is 2.00. The molecular weight excluding hydrogens is 174 g/mol. The largest absolute Gasteiger partial charge is 0.872 e. The minimum Gasteiger partial charge on any atom is -0.872 e. The lowest BCUT2D eigenvalue weighted by atomic mass is 10.3. The Balaban J connectivity index is 0.000000140. The van der Waals surface area contributed by atoms with Crippen LogP contribution in [0.1, 0.15) is 0 Å². The van der Waals surface area contributed by atoms with E-state index in [0.717, 1.165) is 0 Å². The number of nitrogens with zero attached hydrogens (tertiary/aromatic N) is 1. The molecule has 0 atom stereocenters. The number of benzene rings is 1. The topological polar surface area (TPSA) is 26.9 Å². The minimum absolute atomic E-state index is 0.0718. The van der Waals surface area contributed by atoms with Crippen molar-refractivity contribution >= 4 is 0 Å². The van der Waals surface area contributed by atoms with Crippen molar-refractivity contribution in [3.63, 3.8) is 0 Å².